The summed E-state index contributed by atoms with van der Waals surface area (Å²) in [4.78, 5) is 0. The first-order valence-electron chi connectivity index (χ1n) is 15.4. The molecule has 210 valence electrons. The first kappa shape index (κ1) is 24.4. The highest BCUT2D eigenvalue weighted by atomic mass is 16.3. The van der Waals surface area contributed by atoms with Crippen LogP contribution in [-0.2, 0) is 0 Å². The Morgan fingerprint density at radius 3 is 1.76 bits per heavy atom. The minimum Gasteiger partial charge on any atom is -0.456 e. The summed E-state index contributed by atoms with van der Waals surface area (Å²) >= 11 is 0. The predicted octanol–water partition coefficient (Wildman–Crippen LogP) is 11.4. The summed E-state index contributed by atoms with van der Waals surface area (Å²) in [6.45, 7) is 0. The van der Waals surface area contributed by atoms with Crippen LogP contribution in [0.5, 0.6) is 0 Å². The molecule has 10 rings (SSSR count). The zero-order valence-electron chi connectivity index (χ0n) is 24.3. The molecule has 0 atom stereocenters. The standard InChI is InChI=1S/C42H26N2O/c1-3-11-29(12-4-1)43-36-17-9-7-16-35(36)41-37(43)24-23-34-31-21-19-27(25-38(31)44(42(34)41)30-13-5-2-6-14-30)28-20-22-33-32-15-8-10-18-39(32)45-40(33)26-28/h1-26H. The SMILES string of the molecule is c1ccc(-n2c3ccccc3c3c2ccc2c4ccc(-c5ccc6c(c5)oc5ccccc56)cc4n(-c4ccccc4)c23)cc1. The number of rotatable bonds is 3. The Hall–Kier alpha value is -6.06. The topological polar surface area (TPSA) is 23.0 Å². The van der Waals surface area contributed by atoms with Gasteiger partial charge in [-0.3, -0.25) is 0 Å². The molecule has 10 aromatic rings. The van der Waals surface area contributed by atoms with E-state index in [1.807, 2.05) is 12.1 Å². The number of aromatic nitrogens is 2. The van der Waals surface area contributed by atoms with Gasteiger partial charge in [0.1, 0.15) is 11.2 Å². The summed E-state index contributed by atoms with van der Waals surface area (Å²) in [6, 6.07) is 56.5. The first-order valence-corrected chi connectivity index (χ1v) is 15.4. The number of para-hydroxylation sites is 4. The molecule has 0 aliphatic heterocycles. The maximum atomic E-state index is 6.26. The lowest BCUT2D eigenvalue weighted by Gasteiger charge is -2.10. The Kier molecular flexibility index (Phi) is 5.00. The van der Waals surface area contributed by atoms with Crippen LogP contribution in [-0.4, -0.2) is 9.13 Å². The molecule has 3 heteroatoms. The van der Waals surface area contributed by atoms with Gasteiger partial charge < -0.3 is 13.6 Å². The van der Waals surface area contributed by atoms with Gasteiger partial charge in [-0.1, -0.05) is 97.1 Å². The Labute approximate surface area is 258 Å². The minimum absolute atomic E-state index is 0.910. The number of nitrogens with zero attached hydrogens (tertiary/aromatic N) is 2. The highest BCUT2D eigenvalue weighted by Crippen LogP contribution is 2.43. The average molecular weight is 575 g/mol. The van der Waals surface area contributed by atoms with Gasteiger partial charge in [-0.05, 0) is 71.8 Å². The molecule has 0 saturated carbocycles. The second-order valence-electron chi connectivity index (χ2n) is 11.8. The molecule has 0 N–H and O–H groups in total. The summed E-state index contributed by atoms with van der Waals surface area (Å²) in [5.41, 5.74) is 11.2. The Balaban J connectivity index is 1.31. The largest absolute Gasteiger partial charge is 0.456 e. The van der Waals surface area contributed by atoms with Crippen LogP contribution in [0, 0.1) is 0 Å². The van der Waals surface area contributed by atoms with Crippen LogP contribution < -0.4 is 0 Å². The third-order valence-corrected chi connectivity index (χ3v) is 9.30. The molecule has 45 heavy (non-hydrogen) atoms. The lowest BCUT2D eigenvalue weighted by molar-refractivity contribution is 0.669. The number of fused-ring (bicyclic) bond motifs is 10. The van der Waals surface area contributed by atoms with Gasteiger partial charge >= 0.3 is 0 Å². The van der Waals surface area contributed by atoms with E-state index >= 15 is 0 Å². The third kappa shape index (κ3) is 3.46. The van der Waals surface area contributed by atoms with Crippen molar-refractivity contribution in [2.24, 2.45) is 0 Å². The molecule has 3 aromatic heterocycles. The number of furan rings is 1. The van der Waals surface area contributed by atoms with Crippen molar-refractivity contribution >= 4 is 65.6 Å². The smallest absolute Gasteiger partial charge is 0.136 e. The molecule has 7 aromatic carbocycles. The molecule has 0 fully saturated rings. The normalized spacial score (nSPS) is 12.0. The van der Waals surface area contributed by atoms with E-state index in [9.17, 15) is 0 Å². The molecule has 3 heterocycles. The van der Waals surface area contributed by atoms with Crippen LogP contribution in [0.3, 0.4) is 0 Å². The van der Waals surface area contributed by atoms with Crippen molar-refractivity contribution in [3.05, 3.63) is 158 Å². The van der Waals surface area contributed by atoms with Crippen molar-refractivity contribution < 1.29 is 4.42 Å². The van der Waals surface area contributed by atoms with E-state index in [0.29, 0.717) is 0 Å². The van der Waals surface area contributed by atoms with E-state index in [4.69, 9.17) is 4.42 Å². The van der Waals surface area contributed by atoms with Crippen LogP contribution in [0.1, 0.15) is 0 Å². The predicted molar refractivity (Wildman–Crippen MR) is 188 cm³/mol. The first-order chi connectivity index (χ1) is 22.3. The zero-order chi connectivity index (χ0) is 29.5. The van der Waals surface area contributed by atoms with Crippen LogP contribution in [0.25, 0.3) is 88.1 Å². The number of benzene rings is 7. The van der Waals surface area contributed by atoms with Gasteiger partial charge in [0.05, 0.1) is 22.1 Å². The van der Waals surface area contributed by atoms with E-state index in [0.717, 1.165) is 44.4 Å². The van der Waals surface area contributed by atoms with Crippen LogP contribution in [0.15, 0.2) is 162 Å². The van der Waals surface area contributed by atoms with Crippen molar-refractivity contribution in [2.45, 2.75) is 0 Å². The van der Waals surface area contributed by atoms with Gasteiger partial charge in [0, 0.05) is 43.7 Å². The molecule has 0 radical (unpaired) electrons. The molecular weight excluding hydrogens is 548 g/mol. The fraction of sp³-hybridized carbons (Fsp3) is 0. The average Bonchev–Trinajstić information content (AvgIpc) is 3.76. The van der Waals surface area contributed by atoms with Crippen molar-refractivity contribution in [3.8, 4) is 22.5 Å². The maximum Gasteiger partial charge on any atom is 0.136 e. The molecule has 0 amide bonds. The molecule has 0 saturated heterocycles. The Morgan fingerprint density at radius 1 is 0.356 bits per heavy atom. The van der Waals surface area contributed by atoms with E-state index in [2.05, 4.69) is 155 Å². The monoisotopic (exact) mass is 574 g/mol. The summed E-state index contributed by atoms with van der Waals surface area (Å²) in [6.07, 6.45) is 0. The molecule has 0 spiro atoms. The Bertz CT molecular complexity index is 2740. The van der Waals surface area contributed by atoms with Gasteiger partial charge in [0.15, 0.2) is 0 Å². The number of hydrogen-bond donors (Lipinski definition) is 0. The fourth-order valence-corrected chi connectivity index (χ4v) is 7.34. The van der Waals surface area contributed by atoms with E-state index in [1.54, 1.807) is 0 Å². The minimum atomic E-state index is 0.910. The van der Waals surface area contributed by atoms with Crippen molar-refractivity contribution in [2.75, 3.05) is 0 Å². The van der Waals surface area contributed by atoms with E-state index in [1.165, 1.54) is 43.6 Å². The van der Waals surface area contributed by atoms with Gasteiger partial charge in [-0.2, -0.15) is 0 Å². The molecule has 3 nitrogen and oxygen atoms in total. The highest BCUT2D eigenvalue weighted by Gasteiger charge is 2.21. The zero-order valence-corrected chi connectivity index (χ0v) is 24.3. The second kappa shape index (κ2) is 9.22. The van der Waals surface area contributed by atoms with Crippen molar-refractivity contribution in [3.63, 3.8) is 0 Å². The van der Waals surface area contributed by atoms with Gasteiger partial charge in [-0.15, -0.1) is 0 Å². The fourth-order valence-electron chi connectivity index (χ4n) is 7.34. The summed E-state index contributed by atoms with van der Waals surface area (Å²) < 4.78 is 11.1. The van der Waals surface area contributed by atoms with Gasteiger partial charge in [-0.25, -0.2) is 0 Å². The maximum absolute atomic E-state index is 6.26. The van der Waals surface area contributed by atoms with Crippen molar-refractivity contribution in [1.29, 1.82) is 0 Å². The van der Waals surface area contributed by atoms with E-state index < -0.39 is 0 Å². The highest BCUT2D eigenvalue weighted by molar-refractivity contribution is 6.26. The molecule has 0 unspecified atom stereocenters. The van der Waals surface area contributed by atoms with Crippen LogP contribution >= 0.6 is 0 Å². The number of hydrogen-bond acceptors (Lipinski definition) is 1. The van der Waals surface area contributed by atoms with Crippen molar-refractivity contribution in [1.82, 2.24) is 9.13 Å². The van der Waals surface area contributed by atoms with Gasteiger partial charge in [0.25, 0.3) is 0 Å². The molecular formula is C42H26N2O. The Morgan fingerprint density at radius 2 is 0.956 bits per heavy atom. The lowest BCUT2D eigenvalue weighted by atomic mass is 10.0. The summed E-state index contributed by atoms with van der Waals surface area (Å²) in [5, 5.41) is 7.29. The van der Waals surface area contributed by atoms with Gasteiger partial charge in [0.2, 0.25) is 0 Å². The summed E-state index contributed by atoms with van der Waals surface area (Å²) in [5.74, 6) is 0. The molecule has 0 bridgehead atoms. The quantitative estimate of drug-likeness (QED) is 0.206. The lowest BCUT2D eigenvalue weighted by Crippen LogP contribution is -1.95. The summed E-state index contributed by atoms with van der Waals surface area (Å²) in [7, 11) is 0. The van der Waals surface area contributed by atoms with Crippen LogP contribution in [0.4, 0.5) is 0 Å². The second-order valence-corrected chi connectivity index (χ2v) is 11.8. The van der Waals surface area contributed by atoms with E-state index in [-0.39, 0.29) is 0 Å². The third-order valence-electron chi connectivity index (χ3n) is 9.30. The molecule has 0 aliphatic carbocycles. The van der Waals surface area contributed by atoms with Crippen LogP contribution in [0.2, 0.25) is 0 Å². The molecule has 0 aliphatic rings.